The normalized spacial score (nSPS) is 12.3. The molecule has 0 amide bonds. The Morgan fingerprint density at radius 2 is 1.71 bits per heavy atom. The Balaban J connectivity index is 3.19. The summed E-state index contributed by atoms with van der Waals surface area (Å²) in [4.78, 5) is 9.10. The van der Waals surface area contributed by atoms with Gasteiger partial charge < -0.3 is 15.8 Å². The molecule has 1 heterocycles. The minimum atomic E-state index is -0.162. The molecule has 1 aromatic rings. The molecule has 120 valence electrons. The molecule has 0 bridgehead atoms. The predicted octanol–water partition coefficient (Wildman–Crippen LogP) is 3.75. The molecule has 21 heavy (non-hydrogen) atoms. The predicted molar refractivity (Wildman–Crippen MR) is 88.9 cm³/mol. The maximum absolute atomic E-state index is 6.17. The Morgan fingerprint density at radius 3 is 2.19 bits per heavy atom. The lowest BCUT2D eigenvalue weighted by Crippen LogP contribution is -2.29. The third kappa shape index (κ3) is 5.40. The van der Waals surface area contributed by atoms with E-state index in [0.29, 0.717) is 24.0 Å². The SMILES string of the molecule is CCCCOc1nc(C(C)(C)C)nc(NC(C)(C)C)c1N. The van der Waals surface area contributed by atoms with Crippen LogP contribution in [0.4, 0.5) is 11.5 Å². The van der Waals surface area contributed by atoms with Crippen LogP contribution >= 0.6 is 0 Å². The molecule has 0 aliphatic heterocycles. The van der Waals surface area contributed by atoms with E-state index >= 15 is 0 Å². The number of anilines is 2. The number of ether oxygens (including phenoxy) is 1. The van der Waals surface area contributed by atoms with Gasteiger partial charge in [-0.15, -0.1) is 0 Å². The zero-order chi connectivity index (χ0) is 16.3. The summed E-state index contributed by atoms with van der Waals surface area (Å²) in [7, 11) is 0. The smallest absolute Gasteiger partial charge is 0.242 e. The number of nitrogen functional groups attached to an aromatic ring is 1. The Morgan fingerprint density at radius 1 is 1.10 bits per heavy atom. The summed E-state index contributed by atoms with van der Waals surface area (Å²) in [5, 5.41) is 3.34. The largest absolute Gasteiger partial charge is 0.476 e. The van der Waals surface area contributed by atoms with Crippen LogP contribution in [0.3, 0.4) is 0 Å². The van der Waals surface area contributed by atoms with Crippen LogP contribution in [-0.4, -0.2) is 22.1 Å². The summed E-state index contributed by atoms with van der Waals surface area (Å²) in [5.41, 5.74) is 6.36. The maximum atomic E-state index is 6.17. The van der Waals surface area contributed by atoms with Gasteiger partial charge in [-0.25, -0.2) is 4.98 Å². The first-order valence-electron chi connectivity index (χ1n) is 7.63. The fraction of sp³-hybridized carbons (Fsp3) is 0.750. The van der Waals surface area contributed by atoms with Crippen molar-refractivity contribution in [1.29, 1.82) is 0 Å². The van der Waals surface area contributed by atoms with Gasteiger partial charge in [0.2, 0.25) is 5.88 Å². The van der Waals surface area contributed by atoms with Crippen LogP contribution in [0.1, 0.15) is 67.1 Å². The number of hydrogen-bond donors (Lipinski definition) is 2. The molecule has 0 aliphatic carbocycles. The topological polar surface area (TPSA) is 73.1 Å². The number of nitrogens with one attached hydrogen (secondary N) is 1. The van der Waals surface area contributed by atoms with Crippen LogP contribution in [0.2, 0.25) is 0 Å². The third-order valence-electron chi connectivity index (χ3n) is 2.81. The quantitative estimate of drug-likeness (QED) is 0.809. The summed E-state index contributed by atoms with van der Waals surface area (Å²) < 4.78 is 5.75. The van der Waals surface area contributed by atoms with Gasteiger partial charge in [0, 0.05) is 11.0 Å². The molecule has 0 atom stereocenters. The summed E-state index contributed by atoms with van der Waals surface area (Å²) in [6.07, 6.45) is 2.06. The summed E-state index contributed by atoms with van der Waals surface area (Å²) in [5.74, 6) is 1.86. The lowest BCUT2D eigenvalue weighted by atomic mass is 9.95. The molecule has 0 fully saturated rings. The van der Waals surface area contributed by atoms with Crippen molar-refractivity contribution in [3.8, 4) is 5.88 Å². The second kappa shape index (κ2) is 6.50. The van der Waals surface area contributed by atoms with Crippen LogP contribution in [0.25, 0.3) is 0 Å². The zero-order valence-corrected chi connectivity index (χ0v) is 14.5. The first-order valence-corrected chi connectivity index (χ1v) is 7.63. The van der Waals surface area contributed by atoms with Crippen LogP contribution in [0.5, 0.6) is 5.88 Å². The molecule has 5 heteroatoms. The zero-order valence-electron chi connectivity index (χ0n) is 14.5. The van der Waals surface area contributed by atoms with Gasteiger partial charge in [0.25, 0.3) is 0 Å². The molecular formula is C16H30N4O. The average molecular weight is 294 g/mol. The maximum Gasteiger partial charge on any atom is 0.242 e. The van der Waals surface area contributed by atoms with Gasteiger partial charge in [-0.3, -0.25) is 0 Å². The minimum absolute atomic E-state index is 0.127. The fourth-order valence-corrected chi connectivity index (χ4v) is 1.66. The van der Waals surface area contributed by atoms with Gasteiger partial charge >= 0.3 is 0 Å². The summed E-state index contributed by atoms with van der Waals surface area (Å²) in [6.45, 7) is 15.2. The molecule has 0 unspecified atom stereocenters. The third-order valence-corrected chi connectivity index (χ3v) is 2.81. The Bertz CT molecular complexity index is 472. The molecule has 0 aromatic carbocycles. The Hall–Kier alpha value is -1.52. The number of unbranched alkanes of at least 4 members (excludes halogenated alkanes) is 1. The van der Waals surface area contributed by atoms with E-state index in [2.05, 4.69) is 63.8 Å². The summed E-state index contributed by atoms with van der Waals surface area (Å²) in [6, 6.07) is 0. The standard InChI is InChI=1S/C16H30N4O/c1-8-9-10-21-13-11(17)12(20-16(5,6)7)18-14(19-13)15(2,3)4/h8-10,17H2,1-7H3,(H,18,19,20). The van der Waals surface area contributed by atoms with E-state index in [1.807, 2.05) is 0 Å². The first kappa shape index (κ1) is 17.5. The number of rotatable bonds is 5. The minimum Gasteiger partial charge on any atom is -0.476 e. The van der Waals surface area contributed by atoms with E-state index in [9.17, 15) is 0 Å². The Kier molecular flexibility index (Phi) is 5.42. The number of nitrogens with zero attached hydrogens (tertiary/aromatic N) is 2. The molecule has 0 spiro atoms. The molecule has 5 nitrogen and oxygen atoms in total. The monoisotopic (exact) mass is 294 g/mol. The van der Waals surface area contributed by atoms with Crippen molar-refractivity contribution in [3.05, 3.63) is 5.82 Å². The highest BCUT2D eigenvalue weighted by Crippen LogP contribution is 2.31. The van der Waals surface area contributed by atoms with Gasteiger partial charge in [-0.1, -0.05) is 34.1 Å². The van der Waals surface area contributed by atoms with Crippen molar-refractivity contribution in [3.63, 3.8) is 0 Å². The highest BCUT2D eigenvalue weighted by Gasteiger charge is 2.24. The van der Waals surface area contributed by atoms with Crippen molar-refractivity contribution < 1.29 is 4.74 Å². The summed E-state index contributed by atoms with van der Waals surface area (Å²) >= 11 is 0. The highest BCUT2D eigenvalue weighted by atomic mass is 16.5. The van der Waals surface area contributed by atoms with E-state index in [0.717, 1.165) is 18.7 Å². The van der Waals surface area contributed by atoms with Gasteiger partial charge in [0.1, 0.15) is 11.5 Å². The lowest BCUT2D eigenvalue weighted by molar-refractivity contribution is 0.296. The van der Waals surface area contributed by atoms with Crippen molar-refractivity contribution in [2.24, 2.45) is 0 Å². The second-order valence-corrected chi connectivity index (χ2v) is 7.44. The van der Waals surface area contributed by atoms with E-state index in [4.69, 9.17) is 10.5 Å². The van der Waals surface area contributed by atoms with E-state index in [-0.39, 0.29) is 11.0 Å². The molecule has 0 saturated heterocycles. The molecule has 1 aromatic heterocycles. The van der Waals surface area contributed by atoms with E-state index in [1.165, 1.54) is 0 Å². The highest BCUT2D eigenvalue weighted by molar-refractivity contribution is 5.67. The lowest BCUT2D eigenvalue weighted by Gasteiger charge is -2.25. The second-order valence-electron chi connectivity index (χ2n) is 7.44. The van der Waals surface area contributed by atoms with Gasteiger partial charge in [-0.2, -0.15) is 4.98 Å². The average Bonchev–Trinajstić information content (AvgIpc) is 2.30. The van der Waals surface area contributed by atoms with Crippen LogP contribution < -0.4 is 15.8 Å². The number of aromatic nitrogens is 2. The van der Waals surface area contributed by atoms with E-state index in [1.54, 1.807) is 0 Å². The van der Waals surface area contributed by atoms with Gasteiger partial charge in [0.15, 0.2) is 5.82 Å². The molecule has 0 saturated carbocycles. The number of hydrogen-bond acceptors (Lipinski definition) is 5. The van der Waals surface area contributed by atoms with Crippen molar-refractivity contribution in [2.75, 3.05) is 17.7 Å². The van der Waals surface area contributed by atoms with Crippen LogP contribution in [0.15, 0.2) is 0 Å². The van der Waals surface area contributed by atoms with Crippen molar-refractivity contribution in [1.82, 2.24) is 9.97 Å². The van der Waals surface area contributed by atoms with Crippen molar-refractivity contribution in [2.45, 2.75) is 72.3 Å². The molecule has 0 aliphatic rings. The Labute approximate surface area is 128 Å². The van der Waals surface area contributed by atoms with Crippen LogP contribution in [-0.2, 0) is 5.41 Å². The first-order chi connectivity index (χ1) is 9.54. The van der Waals surface area contributed by atoms with Gasteiger partial charge in [0.05, 0.1) is 6.61 Å². The fourth-order valence-electron chi connectivity index (χ4n) is 1.66. The molecule has 3 N–H and O–H groups in total. The van der Waals surface area contributed by atoms with Gasteiger partial charge in [-0.05, 0) is 27.2 Å². The van der Waals surface area contributed by atoms with E-state index < -0.39 is 0 Å². The molecular weight excluding hydrogens is 264 g/mol. The van der Waals surface area contributed by atoms with Crippen molar-refractivity contribution >= 4 is 11.5 Å². The molecule has 1 rings (SSSR count). The molecule has 0 radical (unpaired) electrons. The van der Waals surface area contributed by atoms with Crippen LogP contribution in [0, 0.1) is 0 Å². The number of nitrogens with two attached hydrogens (primary N) is 1.